The summed E-state index contributed by atoms with van der Waals surface area (Å²) in [7, 11) is 0. The largest absolute Gasteiger partial charge is 0.477 e. The van der Waals surface area contributed by atoms with E-state index in [2.05, 4.69) is 24.5 Å². The smallest absolute Gasteiger partial charge is 0.364 e. The van der Waals surface area contributed by atoms with Gasteiger partial charge in [0.2, 0.25) is 11.8 Å². The molecule has 92 heavy (non-hydrogen) atoms. The molecule has 16 N–H and O–H groups in total. The molecule has 538 valence electrons. The molecule has 4 rings (SSSR count). The Balaban J connectivity index is 1.57. The molecule has 2 amide bonds. The van der Waals surface area contributed by atoms with Crippen LogP contribution in [0.2, 0.25) is 0 Å². The van der Waals surface area contributed by atoms with E-state index in [0.717, 1.165) is 65.2 Å². The molecule has 0 aromatic rings. The molecule has 1 unspecified atom stereocenters. The van der Waals surface area contributed by atoms with Gasteiger partial charge < -0.3 is 125 Å². The highest BCUT2D eigenvalue weighted by Crippen LogP contribution is 2.41. The normalized spacial score (nSPS) is 33.2. The quantitative estimate of drug-likeness (QED) is 0.0376. The number of carboxylic acid groups (broad SMARTS) is 1. The number of carboxylic acids is 1. The van der Waals surface area contributed by atoms with Gasteiger partial charge >= 0.3 is 5.97 Å². The number of carbonyl (C=O) groups is 4. The third kappa shape index (κ3) is 25.6. The number of nitrogens with one attached hydrogen (secondary N) is 2. The van der Waals surface area contributed by atoms with Gasteiger partial charge in [0.25, 0.3) is 5.79 Å². The highest BCUT2D eigenvalue weighted by Gasteiger charge is 2.61. The topological polar surface area (TPSA) is 449 Å². The van der Waals surface area contributed by atoms with Gasteiger partial charge in [0.15, 0.2) is 18.9 Å². The van der Waals surface area contributed by atoms with E-state index >= 15 is 0 Å². The second-order valence-electron chi connectivity index (χ2n) is 25.8. The lowest BCUT2D eigenvalue weighted by Gasteiger charge is -2.52. The van der Waals surface area contributed by atoms with Crippen LogP contribution in [0.5, 0.6) is 0 Å². The number of hydrogen-bond acceptors (Lipinski definition) is 25. The molecule has 28 nitrogen and oxygen atoms in total. The lowest BCUT2D eigenvalue weighted by molar-refractivity contribution is -0.403. The Hall–Kier alpha value is -2.76. The van der Waals surface area contributed by atoms with E-state index in [1.54, 1.807) is 0 Å². The minimum absolute atomic E-state index is 0.187. The van der Waals surface area contributed by atoms with Crippen molar-refractivity contribution >= 4 is 23.6 Å². The molecule has 28 heteroatoms. The zero-order chi connectivity index (χ0) is 67.9. The van der Waals surface area contributed by atoms with Gasteiger partial charge in [-0.15, -0.1) is 0 Å². The molecule has 0 aromatic carbocycles. The van der Waals surface area contributed by atoms with Crippen LogP contribution in [0.1, 0.15) is 207 Å². The summed E-state index contributed by atoms with van der Waals surface area (Å²) in [6, 6.07) is -2.69. The molecule has 4 aliphatic heterocycles. The average Bonchev–Trinajstić information content (AvgIpc) is 0.757. The zero-order valence-electron chi connectivity index (χ0n) is 54.7. The number of carbonyl (C=O) groups excluding carboxylic acids is 3. The van der Waals surface area contributed by atoms with Gasteiger partial charge in [-0.05, 0) is 19.8 Å². The molecule has 0 aromatic heterocycles. The third-order valence-corrected chi connectivity index (χ3v) is 18.1. The van der Waals surface area contributed by atoms with E-state index in [0.29, 0.717) is 19.3 Å². The maximum atomic E-state index is 13.6. The number of aliphatic hydroxyl groups excluding tert-OH is 13. The molecule has 4 fully saturated rings. The molecule has 0 spiro atoms. The molecule has 0 saturated carbocycles. The highest BCUT2D eigenvalue weighted by atomic mass is 16.8. The number of ether oxygens (including phenoxy) is 8. The van der Waals surface area contributed by atoms with Gasteiger partial charge in [0.1, 0.15) is 85.1 Å². The Morgan fingerprint density at radius 2 is 1.04 bits per heavy atom. The molecule has 0 aliphatic carbocycles. The fourth-order valence-corrected chi connectivity index (χ4v) is 12.7. The van der Waals surface area contributed by atoms with E-state index in [4.69, 9.17) is 37.9 Å². The summed E-state index contributed by atoms with van der Waals surface area (Å²) in [5, 5.41) is 161. The van der Waals surface area contributed by atoms with E-state index in [1.165, 1.54) is 89.9 Å². The Kier molecular flexibility index (Phi) is 38.6. The first-order valence-corrected chi connectivity index (χ1v) is 34.1. The number of aliphatic hydroxyl groups is 13. The van der Waals surface area contributed by atoms with Crippen molar-refractivity contribution in [2.24, 2.45) is 5.92 Å². The van der Waals surface area contributed by atoms with E-state index in [1.807, 2.05) is 0 Å². The summed E-state index contributed by atoms with van der Waals surface area (Å²) in [6.45, 7) is 1.96. The van der Waals surface area contributed by atoms with Crippen molar-refractivity contribution in [2.45, 2.75) is 342 Å². The van der Waals surface area contributed by atoms with Crippen LogP contribution in [-0.2, 0) is 57.1 Å². The van der Waals surface area contributed by atoms with E-state index in [9.17, 15) is 90.7 Å². The minimum atomic E-state index is -3.26. The number of amides is 2. The van der Waals surface area contributed by atoms with Crippen molar-refractivity contribution in [3.05, 3.63) is 0 Å². The SMILES string of the molecule is CCCCCCCCCCCCCCC[C@@H](O)[C@H](CO[C@@H]1O[C@H](CO)[C@@H](O[C@@H]2O[C@H](CO)[C@H](O[C@@H]3O[C@H](CO)[C@H](O)[C@H](O)[C@H]3CC(C)=O)[C@H](O[C@]3(C(=O)O)C[C@H](O)[C@@H](NC(C)=O)C([C@H](O)[C@H](O)CO)O3)[C@H]2O)[C@H](O)[C@H]1O)NC(=O)CCCCCCCCCCCCC. The van der Waals surface area contributed by atoms with Crippen LogP contribution in [0.3, 0.4) is 0 Å². The van der Waals surface area contributed by atoms with Crippen LogP contribution in [0.15, 0.2) is 0 Å². The molecule has 4 heterocycles. The Morgan fingerprint density at radius 1 is 0.554 bits per heavy atom. The predicted molar refractivity (Wildman–Crippen MR) is 329 cm³/mol. The van der Waals surface area contributed by atoms with Gasteiger partial charge in [-0.1, -0.05) is 162 Å². The van der Waals surface area contributed by atoms with Crippen LogP contribution in [0, 0.1) is 5.92 Å². The van der Waals surface area contributed by atoms with Gasteiger partial charge in [-0.25, -0.2) is 4.79 Å². The summed E-state index contributed by atoms with van der Waals surface area (Å²) in [5.74, 6) is -8.50. The first-order valence-electron chi connectivity index (χ1n) is 34.1. The summed E-state index contributed by atoms with van der Waals surface area (Å²) in [4.78, 5) is 51.9. The van der Waals surface area contributed by atoms with Crippen LogP contribution >= 0.6 is 0 Å². The van der Waals surface area contributed by atoms with Crippen molar-refractivity contribution in [3.63, 3.8) is 0 Å². The first-order chi connectivity index (χ1) is 44.0. The van der Waals surface area contributed by atoms with Crippen LogP contribution in [0.25, 0.3) is 0 Å². The number of ketones is 1. The molecule has 0 radical (unpaired) electrons. The van der Waals surface area contributed by atoms with Crippen molar-refractivity contribution < 1.29 is 129 Å². The maximum absolute atomic E-state index is 13.6. The molecular weight excluding hydrogens is 1210 g/mol. The fourth-order valence-electron chi connectivity index (χ4n) is 12.7. The summed E-state index contributed by atoms with van der Waals surface area (Å²) >= 11 is 0. The second-order valence-corrected chi connectivity index (χ2v) is 25.8. The van der Waals surface area contributed by atoms with Gasteiger partial charge in [-0.3, -0.25) is 9.59 Å². The monoisotopic (exact) mass is 1330 g/mol. The van der Waals surface area contributed by atoms with Crippen LogP contribution in [-0.4, -0.2) is 262 Å². The number of Topliss-reactive ketones (excluding diaryl/α,β-unsaturated/α-hetero) is 1. The second kappa shape index (κ2) is 43.5. The molecule has 4 aliphatic rings. The number of unbranched alkanes of at least 4 members (excludes halogenated alkanes) is 22. The fraction of sp³-hybridized carbons (Fsp3) is 0.938. The minimum Gasteiger partial charge on any atom is -0.477 e. The Morgan fingerprint density at radius 3 is 1.54 bits per heavy atom. The van der Waals surface area contributed by atoms with Crippen molar-refractivity contribution in [3.8, 4) is 0 Å². The van der Waals surface area contributed by atoms with Crippen LogP contribution < -0.4 is 10.6 Å². The Bertz CT molecular complexity index is 2050. The number of hydrogen-bond donors (Lipinski definition) is 16. The standard InChI is InChI=1S/C64H116N2O26/c1-5-7-9-11-13-15-17-18-20-21-23-25-27-29-42(73)41(66-48(76)30-28-26-24-22-19-16-14-12-10-8-6-2)37-85-61-54(81)53(80)56(46(35-69)87-61)89-62-55(82)59(57(47(36-70)88-62)90-60-40(31-38(3)71)50(77)52(79)45(34-68)86-60)92-64(63(83)84)32-43(74)49(65-39(4)72)58(91-64)51(78)44(75)33-67/h40-47,49-62,67-70,73-75,77-82H,5-37H2,1-4H3,(H,65,72)(H,66,76)(H,83,84)/t40-,41+,42-,43+,44-,45-,46-,47-,49-,50-,51-,52+,53-,54-,55-,56-,57+,58?,59-,60+,61-,62+,64+/m1/s1. The number of rotatable bonds is 47. The van der Waals surface area contributed by atoms with Gasteiger partial charge in [-0.2, -0.15) is 0 Å². The summed E-state index contributed by atoms with van der Waals surface area (Å²) in [6.07, 6.45) is -11.6. The summed E-state index contributed by atoms with van der Waals surface area (Å²) in [5.41, 5.74) is 0. The van der Waals surface area contributed by atoms with Crippen LogP contribution in [0.4, 0.5) is 0 Å². The summed E-state index contributed by atoms with van der Waals surface area (Å²) < 4.78 is 48.1. The highest BCUT2D eigenvalue weighted by molar-refractivity contribution is 5.77. The van der Waals surface area contributed by atoms with Gasteiger partial charge in [0.05, 0.1) is 63.4 Å². The Labute approximate surface area is 541 Å². The van der Waals surface area contributed by atoms with Crippen molar-refractivity contribution in [1.82, 2.24) is 10.6 Å². The van der Waals surface area contributed by atoms with Crippen molar-refractivity contribution in [2.75, 3.05) is 33.0 Å². The number of aliphatic carboxylic acids is 1. The lowest BCUT2D eigenvalue weighted by Crippen LogP contribution is -2.71. The zero-order valence-corrected chi connectivity index (χ0v) is 54.7. The average molecular weight is 1330 g/mol. The molecule has 0 bridgehead atoms. The molecular formula is C64H116N2O26. The molecule has 23 atom stereocenters. The lowest BCUT2D eigenvalue weighted by atomic mass is 9.87. The van der Waals surface area contributed by atoms with E-state index < -0.39 is 204 Å². The first kappa shape index (κ1) is 81.7. The van der Waals surface area contributed by atoms with Crippen molar-refractivity contribution in [1.29, 1.82) is 0 Å². The maximum Gasteiger partial charge on any atom is 0.364 e. The van der Waals surface area contributed by atoms with Gasteiger partial charge in [0, 0.05) is 32.1 Å². The third-order valence-electron chi connectivity index (χ3n) is 18.1. The predicted octanol–water partition coefficient (Wildman–Crippen LogP) is 0.888. The molecule has 4 saturated heterocycles. The van der Waals surface area contributed by atoms with E-state index in [-0.39, 0.29) is 12.3 Å².